The zero-order valence-corrected chi connectivity index (χ0v) is 17.6. The van der Waals surface area contributed by atoms with E-state index in [-0.39, 0.29) is 5.97 Å². The fraction of sp³-hybridized carbons (Fsp3) is 0.565. The molecule has 0 aliphatic carbocycles. The van der Waals surface area contributed by atoms with Crippen molar-refractivity contribution < 1.29 is 14.3 Å². The Morgan fingerprint density at radius 3 is 2.59 bits per heavy atom. The number of carbonyl (C=O) groups is 1. The minimum absolute atomic E-state index is 0.353. The number of carbonyl (C=O) groups excluding carboxylic acids is 1. The number of ether oxygens (including phenoxy) is 2. The Balaban J connectivity index is 1.63. The molecule has 0 saturated carbocycles. The summed E-state index contributed by atoms with van der Waals surface area (Å²) in [6.45, 7) is 3.54. The number of hydrogen-bond donors (Lipinski definition) is 1. The lowest BCUT2D eigenvalue weighted by Crippen LogP contribution is -2.35. The largest absolute Gasteiger partial charge is 0.465 e. The van der Waals surface area contributed by atoms with E-state index in [9.17, 15) is 4.79 Å². The molecular formula is C23H35N3O3. The van der Waals surface area contributed by atoms with Crippen molar-refractivity contribution in [1.29, 1.82) is 0 Å². The number of rotatable bonds is 15. The lowest BCUT2D eigenvalue weighted by atomic mass is 10.1. The highest BCUT2D eigenvalue weighted by Crippen LogP contribution is 2.09. The molecule has 0 fully saturated rings. The molecule has 2 N–H and O–H groups in total. The van der Waals surface area contributed by atoms with Crippen LogP contribution in [0.1, 0.15) is 63.1 Å². The zero-order valence-electron chi connectivity index (χ0n) is 17.6. The molecule has 0 aliphatic rings. The molecule has 160 valence electrons. The Bertz CT molecular complexity index is 688. The van der Waals surface area contributed by atoms with Crippen molar-refractivity contribution in [2.45, 2.75) is 77.7 Å². The van der Waals surface area contributed by atoms with Gasteiger partial charge in [0.25, 0.3) is 0 Å². The number of hydrogen-bond acceptors (Lipinski definition) is 5. The molecule has 0 spiro atoms. The van der Waals surface area contributed by atoms with E-state index in [0.717, 1.165) is 24.1 Å². The standard InChI is InChI=1S/C23H35N3O3/c1-2-3-4-5-6-7-11-14-29-23(27)22(24)15-21-16-25-18-26(21)19-28-17-20-12-9-8-10-13-20/h8-10,12-13,16,18,22H,2-7,11,14-15,17,19,24H2,1H3/t22-/m1/s1. The van der Waals surface area contributed by atoms with Gasteiger partial charge in [0.2, 0.25) is 0 Å². The van der Waals surface area contributed by atoms with Crippen LogP contribution in [0.2, 0.25) is 0 Å². The summed E-state index contributed by atoms with van der Waals surface area (Å²) < 4.78 is 12.9. The van der Waals surface area contributed by atoms with Gasteiger partial charge in [0, 0.05) is 18.3 Å². The lowest BCUT2D eigenvalue weighted by molar-refractivity contribution is -0.145. The molecule has 0 aliphatic heterocycles. The third-order valence-electron chi connectivity index (χ3n) is 4.86. The maximum absolute atomic E-state index is 12.1. The van der Waals surface area contributed by atoms with Crippen molar-refractivity contribution in [2.75, 3.05) is 6.61 Å². The van der Waals surface area contributed by atoms with E-state index in [4.69, 9.17) is 15.2 Å². The van der Waals surface area contributed by atoms with Crippen LogP contribution in [-0.4, -0.2) is 28.2 Å². The Morgan fingerprint density at radius 2 is 1.83 bits per heavy atom. The SMILES string of the molecule is CCCCCCCCCOC(=O)[C@H](N)Cc1cncn1COCc1ccccc1. The van der Waals surface area contributed by atoms with Crippen molar-refractivity contribution in [3.8, 4) is 0 Å². The van der Waals surface area contributed by atoms with E-state index < -0.39 is 6.04 Å². The first kappa shape index (κ1) is 23.1. The number of nitrogens with two attached hydrogens (primary N) is 1. The molecule has 1 heterocycles. The average molecular weight is 402 g/mol. The first-order valence-electron chi connectivity index (χ1n) is 10.7. The summed E-state index contributed by atoms with van der Waals surface area (Å²) in [5.41, 5.74) is 8.01. The van der Waals surface area contributed by atoms with Crippen molar-refractivity contribution in [1.82, 2.24) is 9.55 Å². The average Bonchev–Trinajstić information content (AvgIpc) is 3.17. The van der Waals surface area contributed by atoms with Gasteiger partial charge in [0.05, 0.1) is 19.5 Å². The van der Waals surface area contributed by atoms with Crippen LogP contribution in [0.5, 0.6) is 0 Å². The summed E-state index contributed by atoms with van der Waals surface area (Å²) >= 11 is 0. The maximum atomic E-state index is 12.1. The second-order valence-electron chi connectivity index (χ2n) is 7.42. The second kappa shape index (κ2) is 13.9. The number of nitrogens with zero attached hydrogens (tertiary/aromatic N) is 2. The molecule has 1 atom stereocenters. The molecule has 2 rings (SSSR count). The topological polar surface area (TPSA) is 79.4 Å². The molecule has 0 unspecified atom stereocenters. The van der Waals surface area contributed by atoms with Gasteiger partial charge in [-0.15, -0.1) is 0 Å². The molecule has 0 saturated heterocycles. The van der Waals surface area contributed by atoms with E-state index in [0.29, 0.717) is 26.4 Å². The first-order valence-corrected chi connectivity index (χ1v) is 10.7. The summed E-state index contributed by atoms with van der Waals surface area (Å²) in [7, 11) is 0. The molecule has 0 radical (unpaired) electrons. The van der Waals surface area contributed by atoms with Crippen LogP contribution in [0.3, 0.4) is 0 Å². The van der Waals surface area contributed by atoms with Gasteiger partial charge in [-0.05, 0) is 12.0 Å². The normalized spacial score (nSPS) is 12.1. The minimum Gasteiger partial charge on any atom is -0.465 e. The minimum atomic E-state index is -0.691. The van der Waals surface area contributed by atoms with Crippen LogP contribution in [0.25, 0.3) is 0 Å². The van der Waals surface area contributed by atoms with Crippen LogP contribution in [-0.2, 0) is 34.0 Å². The highest BCUT2D eigenvalue weighted by atomic mass is 16.5. The van der Waals surface area contributed by atoms with Gasteiger partial charge in [-0.25, -0.2) is 4.98 Å². The summed E-state index contributed by atoms with van der Waals surface area (Å²) in [5, 5.41) is 0. The van der Waals surface area contributed by atoms with Gasteiger partial charge < -0.3 is 19.8 Å². The highest BCUT2D eigenvalue weighted by Gasteiger charge is 2.17. The van der Waals surface area contributed by atoms with E-state index in [1.165, 1.54) is 32.1 Å². The Morgan fingerprint density at radius 1 is 1.10 bits per heavy atom. The maximum Gasteiger partial charge on any atom is 0.323 e. The number of unbranched alkanes of at least 4 members (excludes halogenated alkanes) is 6. The van der Waals surface area contributed by atoms with Crippen LogP contribution in [0.15, 0.2) is 42.9 Å². The van der Waals surface area contributed by atoms with Gasteiger partial charge in [-0.1, -0.05) is 75.8 Å². The fourth-order valence-electron chi connectivity index (χ4n) is 3.12. The Kier molecular flexibility index (Phi) is 11.1. The fourth-order valence-corrected chi connectivity index (χ4v) is 3.12. The van der Waals surface area contributed by atoms with Gasteiger partial charge in [0.15, 0.2) is 0 Å². The van der Waals surface area contributed by atoms with Crippen molar-refractivity contribution in [3.05, 3.63) is 54.1 Å². The van der Waals surface area contributed by atoms with E-state index in [2.05, 4.69) is 11.9 Å². The molecular weight excluding hydrogens is 366 g/mol. The third-order valence-corrected chi connectivity index (χ3v) is 4.86. The van der Waals surface area contributed by atoms with Crippen molar-refractivity contribution in [2.24, 2.45) is 5.73 Å². The summed E-state index contributed by atoms with van der Waals surface area (Å²) in [6.07, 6.45) is 12.1. The Hall–Kier alpha value is -2.18. The first-order chi connectivity index (χ1) is 14.2. The number of benzene rings is 1. The number of aromatic nitrogens is 2. The van der Waals surface area contributed by atoms with Crippen molar-refractivity contribution in [3.63, 3.8) is 0 Å². The van der Waals surface area contributed by atoms with Crippen molar-refractivity contribution >= 4 is 5.97 Å². The second-order valence-corrected chi connectivity index (χ2v) is 7.42. The lowest BCUT2D eigenvalue weighted by Gasteiger charge is -2.13. The predicted octanol–water partition coefficient (Wildman–Crippen LogP) is 4.22. The molecule has 0 amide bonds. The Labute approximate surface area is 174 Å². The zero-order chi connectivity index (χ0) is 20.7. The third kappa shape index (κ3) is 9.24. The van der Waals surface area contributed by atoms with Crippen LogP contribution in [0, 0.1) is 0 Å². The molecule has 6 heteroatoms. The molecule has 1 aromatic carbocycles. The van der Waals surface area contributed by atoms with Gasteiger partial charge in [-0.2, -0.15) is 0 Å². The molecule has 29 heavy (non-hydrogen) atoms. The van der Waals surface area contributed by atoms with E-state index in [1.807, 2.05) is 34.9 Å². The molecule has 2 aromatic rings. The smallest absolute Gasteiger partial charge is 0.323 e. The summed E-state index contributed by atoms with van der Waals surface area (Å²) in [4.78, 5) is 16.3. The predicted molar refractivity (Wildman–Crippen MR) is 114 cm³/mol. The van der Waals surface area contributed by atoms with Gasteiger partial charge in [-0.3, -0.25) is 4.79 Å². The van der Waals surface area contributed by atoms with Crippen LogP contribution in [0.4, 0.5) is 0 Å². The van der Waals surface area contributed by atoms with E-state index >= 15 is 0 Å². The van der Waals surface area contributed by atoms with Crippen LogP contribution >= 0.6 is 0 Å². The summed E-state index contributed by atoms with van der Waals surface area (Å²) in [6, 6.07) is 9.30. The highest BCUT2D eigenvalue weighted by molar-refractivity contribution is 5.75. The van der Waals surface area contributed by atoms with Gasteiger partial charge in [0.1, 0.15) is 12.8 Å². The van der Waals surface area contributed by atoms with E-state index in [1.54, 1.807) is 12.5 Å². The van der Waals surface area contributed by atoms with Crippen LogP contribution < -0.4 is 5.73 Å². The molecule has 1 aromatic heterocycles. The molecule has 6 nitrogen and oxygen atoms in total. The van der Waals surface area contributed by atoms with Gasteiger partial charge >= 0.3 is 5.97 Å². The number of esters is 1. The number of imidazole rings is 1. The molecule has 0 bridgehead atoms. The summed E-state index contributed by atoms with van der Waals surface area (Å²) in [5.74, 6) is -0.353. The quantitative estimate of drug-likeness (QED) is 0.357. The monoisotopic (exact) mass is 401 g/mol.